The average molecular weight is 462 g/mol. The van der Waals surface area contributed by atoms with E-state index >= 15 is 0 Å². The molecule has 0 aromatic heterocycles. The molecule has 0 bridgehead atoms. The lowest BCUT2D eigenvalue weighted by atomic mass is 10.2. The minimum Gasteiger partial charge on any atom is -0.495 e. The lowest BCUT2D eigenvalue weighted by Gasteiger charge is -2.23. The summed E-state index contributed by atoms with van der Waals surface area (Å²) in [5.74, 6) is -0.145. The van der Waals surface area contributed by atoms with Gasteiger partial charge >= 0.3 is 6.03 Å². The summed E-state index contributed by atoms with van der Waals surface area (Å²) in [4.78, 5) is 25.4. The number of methoxy groups -OCH3 is 1. The molecule has 0 spiro atoms. The van der Waals surface area contributed by atoms with E-state index in [1.807, 2.05) is 4.90 Å². The molecule has 1 fully saturated rings. The zero-order valence-corrected chi connectivity index (χ0v) is 18.7. The van der Waals surface area contributed by atoms with Crippen molar-refractivity contribution in [1.82, 2.24) is 5.32 Å². The lowest BCUT2D eigenvalue weighted by molar-refractivity contribution is -0.117. The largest absolute Gasteiger partial charge is 0.495 e. The van der Waals surface area contributed by atoms with Gasteiger partial charge in [0.25, 0.3) is 10.0 Å². The third-order valence-corrected chi connectivity index (χ3v) is 6.46. The van der Waals surface area contributed by atoms with Crippen LogP contribution in [-0.2, 0) is 14.8 Å². The minimum atomic E-state index is -4.02. The molecule has 1 saturated heterocycles. The first kappa shape index (κ1) is 23.2. The first-order chi connectivity index (χ1) is 15.2. The maximum absolute atomic E-state index is 13.4. The summed E-state index contributed by atoms with van der Waals surface area (Å²) >= 11 is 0. The van der Waals surface area contributed by atoms with Crippen molar-refractivity contribution in [2.75, 3.05) is 35.1 Å². The van der Waals surface area contributed by atoms with Crippen molar-refractivity contribution in [3.05, 3.63) is 42.5 Å². The molecule has 2 aromatic carbocycles. The Hall–Kier alpha value is -3.47. The predicted molar refractivity (Wildman–Crippen MR) is 123 cm³/mol. The summed E-state index contributed by atoms with van der Waals surface area (Å²) < 4.78 is 34.6. The van der Waals surface area contributed by atoms with E-state index in [-0.39, 0.29) is 10.6 Å². The van der Waals surface area contributed by atoms with Crippen LogP contribution in [0.5, 0.6) is 5.75 Å². The third kappa shape index (κ3) is 5.41. The van der Waals surface area contributed by atoms with E-state index in [2.05, 4.69) is 15.4 Å². The Bertz CT molecular complexity index is 1100. The number of rotatable bonds is 8. The number of hydrogen-bond acceptors (Lipinski definition) is 6. The number of para-hydroxylation sites is 2. The number of nitrogens with two attached hydrogens (primary N) is 1. The van der Waals surface area contributed by atoms with Gasteiger partial charge in [0.05, 0.1) is 18.5 Å². The maximum atomic E-state index is 13.4. The molecule has 5 N–H and O–H groups in total. The smallest absolute Gasteiger partial charge is 0.312 e. The molecule has 3 amide bonds. The average Bonchev–Trinajstić information content (AvgIpc) is 3.28. The van der Waals surface area contributed by atoms with Crippen molar-refractivity contribution < 1.29 is 22.7 Å². The van der Waals surface area contributed by atoms with Crippen LogP contribution in [0.1, 0.15) is 19.8 Å². The van der Waals surface area contributed by atoms with Crippen LogP contribution in [0.2, 0.25) is 0 Å². The van der Waals surface area contributed by atoms with Gasteiger partial charge < -0.3 is 26.0 Å². The van der Waals surface area contributed by atoms with Crippen LogP contribution in [0, 0.1) is 0 Å². The van der Waals surface area contributed by atoms with E-state index in [1.165, 1.54) is 20.1 Å². The molecule has 3 rings (SSSR count). The van der Waals surface area contributed by atoms with Crippen molar-refractivity contribution in [1.29, 1.82) is 0 Å². The van der Waals surface area contributed by atoms with Gasteiger partial charge in [0.15, 0.2) is 0 Å². The monoisotopic (exact) mass is 461 g/mol. The van der Waals surface area contributed by atoms with Gasteiger partial charge in [-0.05, 0) is 50.1 Å². The van der Waals surface area contributed by atoms with E-state index in [4.69, 9.17) is 10.5 Å². The first-order valence-electron chi connectivity index (χ1n) is 10.1. The number of amides is 3. The minimum absolute atomic E-state index is 0.0265. The summed E-state index contributed by atoms with van der Waals surface area (Å²) in [7, 11) is -2.57. The van der Waals surface area contributed by atoms with Crippen LogP contribution >= 0.6 is 0 Å². The van der Waals surface area contributed by atoms with E-state index < -0.39 is 28.0 Å². The zero-order chi connectivity index (χ0) is 23.3. The van der Waals surface area contributed by atoms with E-state index in [9.17, 15) is 18.0 Å². The number of anilines is 3. The topological polar surface area (TPSA) is 143 Å². The van der Waals surface area contributed by atoms with Gasteiger partial charge in [-0.15, -0.1) is 0 Å². The highest BCUT2D eigenvalue weighted by Gasteiger charge is 2.26. The van der Waals surface area contributed by atoms with E-state index in [0.717, 1.165) is 25.9 Å². The highest BCUT2D eigenvalue weighted by molar-refractivity contribution is 7.93. The molecule has 172 valence electrons. The van der Waals surface area contributed by atoms with Gasteiger partial charge in [0.1, 0.15) is 16.7 Å². The number of ether oxygens (including phenoxy) is 1. The second kappa shape index (κ2) is 9.77. The van der Waals surface area contributed by atoms with E-state index in [0.29, 0.717) is 17.1 Å². The molecule has 0 radical (unpaired) electrons. The number of nitrogens with one attached hydrogen (secondary N) is 3. The zero-order valence-electron chi connectivity index (χ0n) is 17.9. The van der Waals surface area contributed by atoms with E-state index in [1.54, 1.807) is 36.4 Å². The Morgan fingerprint density at radius 1 is 1.12 bits per heavy atom. The van der Waals surface area contributed by atoms with Crippen LogP contribution in [0.15, 0.2) is 47.4 Å². The molecule has 10 nitrogen and oxygen atoms in total. The molecule has 11 heteroatoms. The summed E-state index contributed by atoms with van der Waals surface area (Å²) in [6.07, 6.45) is 1.93. The van der Waals surface area contributed by atoms with Gasteiger partial charge in [0.2, 0.25) is 5.91 Å². The Balaban J connectivity index is 1.96. The molecule has 1 aliphatic rings. The number of primary amides is 1. The molecular formula is C21H27N5O5S. The molecule has 32 heavy (non-hydrogen) atoms. The fourth-order valence-electron chi connectivity index (χ4n) is 3.48. The van der Waals surface area contributed by atoms with Crippen LogP contribution in [-0.4, -0.2) is 46.6 Å². The fourth-order valence-corrected chi connectivity index (χ4v) is 4.81. The molecule has 1 aliphatic heterocycles. The highest BCUT2D eigenvalue weighted by atomic mass is 32.2. The Kier molecular flexibility index (Phi) is 7.08. The summed E-state index contributed by atoms with van der Waals surface area (Å²) in [5, 5.41) is 4.90. The van der Waals surface area contributed by atoms with Crippen molar-refractivity contribution in [2.24, 2.45) is 5.73 Å². The highest BCUT2D eigenvalue weighted by Crippen LogP contribution is 2.34. The van der Waals surface area contributed by atoms with Gasteiger partial charge in [-0.2, -0.15) is 0 Å². The quantitative estimate of drug-likeness (QED) is 0.474. The number of urea groups is 1. The molecule has 2 aromatic rings. The molecule has 0 aliphatic carbocycles. The summed E-state index contributed by atoms with van der Waals surface area (Å²) in [6.45, 7) is 2.95. The number of sulfonamides is 1. The van der Waals surface area contributed by atoms with Gasteiger partial charge in [-0.25, -0.2) is 13.2 Å². The molecule has 0 unspecified atom stereocenters. The van der Waals surface area contributed by atoms with Crippen LogP contribution in [0.4, 0.5) is 21.9 Å². The van der Waals surface area contributed by atoms with Crippen molar-refractivity contribution in [2.45, 2.75) is 30.7 Å². The van der Waals surface area contributed by atoms with Crippen LogP contribution in [0.3, 0.4) is 0 Å². The number of hydrogen-bond donors (Lipinski definition) is 4. The summed E-state index contributed by atoms with van der Waals surface area (Å²) in [5.41, 5.74) is 6.18. The third-order valence-electron chi connectivity index (χ3n) is 5.07. The number of nitrogens with zero attached hydrogens (tertiary/aromatic N) is 1. The number of carbonyl (C=O) groups is 2. The van der Waals surface area contributed by atoms with Crippen molar-refractivity contribution in [3.8, 4) is 5.75 Å². The molecule has 0 saturated carbocycles. The lowest BCUT2D eigenvalue weighted by Crippen LogP contribution is -2.44. The normalized spacial score (nSPS) is 14.5. The standard InChI is InChI=1S/C21H27N5O5S/c1-14(23-21(22)28)20(27)24-15-9-10-17(26-11-5-6-12-26)19(13-15)32(29,30)25-16-7-3-4-8-18(16)31-2/h3-4,7-10,13-14,25H,5-6,11-12H2,1-2H3,(H,24,27)(H3,22,23,28)/t14-/m0/s1. The van der Waals surface area contributed by atoms with Crippen LogP contribution in [0.25, 0.3) is 0 Å². The second-order valence-electron chi connectivity index (χ2n) is 7.40. The SMILES string of the molecule is COc1ccccc1NS(=O)(=O)c1cc(NC(=O)[C@H](C)NC(N)=O)ccc1N1CCCC1. The predicted octanol–water partition coefficient (Wildman–Crippen LogP) is 2.09. The Labute approximate surface area is 187 Å². The summed E-state index contributed by atoms with van der Waals surface area (Å²) in [6, 6.07) is 9.68. The second-order valence-corrected chi connectivity index (χ2v) is 9.05. The number of carbonyl (C=O) groups excluding carboxylic acids is 2. The molecule has 1 heterocycles. The fraction of sp³-hybridized carbons (Fsp3) is 0.333. The molecule has 1 atom stereocenters. The first-order valence-corrected chi connectivity index (χ1v) is 11.6. The van der Waals surface area contributed by atoms with Gasteiger partial charge in [0, 0.05) is 18.8 Å². The Morgan fingerprint density at radius 3 is 2.47 bits per heavy atom. The van der Waals surface area contributed by atoms with Crippen molar-refractivity contribution >= 4 is 39.0 Å². The Morgan fingerprint density at radius 2 is 1.81 bits per heavy atom. The van der Waals surface area contributed by atoms with Crippen LogP contribution < -0.4 is 30.7 Å². The van der Waals surface area contributed by atoms with Crippen molar-refractivity contribution in [3.63, 3.8) is 0 Å². The molecular weight excluding hydrogens is 434 g/mol. The maximum Gasteiger partial charge on any atom is 0.312 e. The van der Waals surface area contributed by atoms with Gasteiger partial charge in [-0.1, -0.05) is 12.1 Å². The number of benzene rings is 2. The van der Waals surface area contributed by atoms with Gasteiger partial charge in [-0.3, -0.25) is 9.52 Å².